The van der Waals surface area contributed by atoms with Gasteiger partial charge in [0.2, 0.25) is 5.91 Å². The summed E-state index contributed by atoms with van der Waals surface area (Å²) in [6.45, 7) is 5.52. The van der Waals surface area contributed by atoms with Gasteiger partial charge in [-0.05, 0) is 32.9 Å². The van der Waals surface area contributed by atoms with Gasteiger partial charge < -0.3 is 20.7 Å². The molecule has 0 radical (unpaired) electrons. The van der Waals surface area contributed by atoms with E-state index in [-0.39, 0.29) is 5.91 Å². The minimum atomic E-state index is -0.480. The quantitative estimate of drug-likeness (QED) is 0.630. The van der Waals surface area contributed by atoms with Crippen LogP contribution in [0.15, 0.2) is 0 Å². The summed E-state index contributed by atoms with van der Waals surface area (Å²) in [5.41, 5.74) is 5.76. The molecule has 5 heteroatoms. The summed E-state index contributed by atoms with van der Waals surface area (Å²) in [6.07, 6.45) is 1.61. The highest BCUT2D eigenvalue weighted by molar-refractivity contribution is 5.81. The van der Waals surface area contributed by atoms with Crippen LogP contribution in [0.4, 0.5) is 0 Å². The number of methoxy groups -OCH3 is 1. The Morgan fingerprint density at radius 1 is 1.39 bits per heavy atom. The highest BCUT2D eigenvalue weighted by Crippen LogP contribution is 2.08. The molecule has 0 spiro atoms. The molecule has 0 saturated carbocycles. The number of ether oxygens (including phenoxy) is 1. The number of carbonyl (C=O) groups excluding carboxylic acids is 1. The number of hydrogen-bond acceptors (Lipinski definition) is 4. The zero-order valence-electron chi connectivity index (χ0n) is 12.4. The first-order valence-electron chi connectivity index (χ1n) is 6.57. The Morgan fingerprint density at radius 3 is 2.44 bits per heavy atom. The summed E-state index contributed by atoms with van der Waals surface area (Å²) in [5.74, 6) is 0.513. The highest BCUT2D eigenvalue weighted by atomic mass is 16.5. The standard InChI is InChI=1S/C13H29N3O2/c1-10(2)8-11(16(3)4)9-15-13(17)12(14)6-7-18-5/h10-12H,6-9,14H2,1-5H3,(H,15,17). The van der Waals surface area contributed by atoms with E-state index < -0.39 is 6.04 Å². The maximum absolute atomic E-state index is 11.8. The molecule has 2 unspecified atom stereocenters. The number of nitrogens with two attached hydrogens (primary N) is 1. The Bertz CT molecular complexity index is 232. The van der Waals surface area contributed by atoms with Gasteiger partial charge >= 0.3 is 0 Å². The molecule has 0 aromatic rings. The lowest BCUT2D eigenvalue weighted by Gasteiger charge is -2.26. The molecule has 5 nitrogen and oxygen atoms in total. The van der Waals surface area contributed by atoms with E-state index in [1.54, 1.807) is 7.11 Å². The second kappa shape index (κ2) is 9.30. The van der Waals surface area contributed by atoms with Gasteiger partial charge in [-0.2, -0.15) is 0 Å². The van der Waals surface area contributed by atoms with Crippen LogP contribution in [-0.2, 0) is 9.53 Å². The van der Waals surface area contributed by atoms with Gasteiger partial charge in [0.15, 0.2) is 0 Å². The van der Waals surface area contributed by atoms with E-state index in [0.717, 1.165) is 6.42 Å². The molecule has 108 valence electrons. The number of likely N-dealkylation sites (N-methyl/N-ethyl adjacent to an activating group) is 1. The number of rotatable bonds is 9. The molecule has 0 aromatic heterocycles. The Kier molecular flexibility index (Phi) is 8.97. The molecule has 0 heterocycles. The highest BCUT2D eigenvalue weighted by Gasteiger charge is 2.17. The zero-order chi connectivity index (χ0) is 14.1. The summed E-state index contributed by atoms with van der Waals surface area (Å²) in [4.78, 5) is 13.9. The van der Waals surface area contributed by atoms with Crippen molar-refractivity contribution >= 4 is 5.91 Å². The predicted molar refractivity (Wildman–Crippen MR) is 74.4 cm³/mol. The van der Waals surface area contributed by atoms with Crippen molar-refractivity contribution in [1.82, 2.24) is 10.2 Å². The van der Waals surface area contributed by atoms with Gasteiger partial charge in [0.05, 0.1) is 6.04 Å². The smallest absolute Gasteiger partial charge is 0.237 e. The molecule has 0 aliphatic carbocycles. The molecule has 0 bridgehead atoms. The molecule has 18 heavy (non-hydrogen) atoms. The van der Waals surface area contributed by atoms with Crippen LogP contribution < -0.4 is 11.1 Å². The molecule has 3 N–H and O–H groups in total. The average molecular weight is 259 g/mol. The largest absolute Gasteiger partial charge is 0.385 e. The topological polar surface area (TPSA) is 67.6 Å². The van der Waals surface area contributed by atoms with Crippen molar-refractivity contribution < 1.29 is 9.53 Å². The van der Waals surface area contributed by atoms with Crippen LogP contribution in [0.5, 0.6) is 0 Å². The van der Waals surface area contributed by atoms with E-state index >= 15 is 0 Å². The third kappa shape index (κ3) is 7.63. The normalized spacial score (nSPS) is 14.9. The lowest BCUT2D eigenvalue weighted by molar-refractivity contribution is -0.123. The SMILES string of the molecule is COCCC(N)C(=O)NCC(CC(C)C)N(C)C. The van der Waals surface area contributed by atoms with Crippen molar-refractivity contribution in [1.29, 1.82) is 0 Å². The summed E-state index contributed by atoms with van der Waals surface area (Å²) in [7, 11) is 5.67. The number of amides is 1. The van der Waals surface area contributed by atoms with Gasteiger partial charge in [-0.25, -0.2) is 0 Å². The van der Waals surface area contributed by atoms with Gasteiger partial charge in [-0.15, -0.1) is 0 Å². The van der Waals surface area contributed by atoms with Crippen LogP contribution in [0.3, 0.4) is 0 Å². The average Bonchev–Trinajstić information content (AvgIpc) is 2.30. The molecular formula is C13H29N3O2. The second-order valence-corrected chi connectivity index (χ2v) is 5.38. The van der Waals surface area contributed by atoms with Gasteiger partial charge in [0.1, 0.15) is 0 Å². The fraction of sp³-hybridized carbons (Fsp3) is 0.923. The fourth-order valence-corrected chi connectivity index (χ4v) is 1.75. The summed E-state index contributed by atoms with van der Waals surface area (Å²) >= 11 is 0. The van der Waals surface area contributed by atoms with Crippen molar-refractivity contribution in [2.75, 3.05) is 34.4 Å². The van der Waals surface area contributed by atoms with E-state index in [4.69, 9.17) is 10.5 Å². The van der Waals surface area contributed by atoms with Gasteiger partial charge in [0, 0.05) is 26.3 Å². The van der Waals surface area contributed by atoms with Crippen LogP contribution in [0, 0.1) is 5.92 Å². The van der Waals surface area contributed by atoms with Gasteiger partial charge in [-0.3, -0.25) is 4.79 Å². The minimum absolute atomic E-state index is 0.0948. The lowest BCUT2D eigenvalue weighted by atomic mass is 10.0. The van der Waals surface area contributed by atoms with E-state index in [0.29, 0.717) is 31.5 Å². The Labute approximate surface area is 111 Å². The maximum atomic E-state index is 11.8. The monoisotopic (exact) mass is 259 g/mol. The third-order valence-corrected chi connectivity index (χ3v) is 2.96. The van der Waals surface area contributed by atoms with Crippen molar-refractivity contribution in [2.24, 2.45) is 11.7 Å². The lowest BCUT2D eigenvalue weighted by Crippen LogP contribution is -2.47. The maximum Gasteiger partial charge on any atom is 0.237 e. The summed E-state index contributed by atoms with van der Waals surface area (Å²) in [5, 5.41) is 2.92. The van der Waals surface area contributed by atoms with Crippen LogP contribution in [-0.4, -0.2) is 57.2 Å². The van der Waals surface area contributed by atoms with Crippen LogP contribution in [0.2, 0.25) is 0 Å². The first-order valence-corrected chi connectivity index (χ1v) is 6.57. The molecule has 0 saturated heterocycles. The molecular weight excluding hydrogens is 230 g/mol. The van der Waals surface area contributed by atoms with E-state index in [1.165, 1.54) is 0 Å². The first kappa shape index (κ1) is 17.4. The summed E-state index contributed by atoms with van der Waals surface area (Å²) in [6, 6.07) is -0.129. The summed E-state index contributed by atoms with van der Waals surface area (Å²) < 4.78 is 4.91. The van der Waals surface area contributed by atoms with Gasteiger partial charge in [-0.1, -0.05) is 13.8 Å². The third-order valence-electron chi connectivity index (χ3n) is 2.96. The Balaban J connectivity index is 4.06. The van der Waals surface area contributed by atoms with Crippen molar-refractivity contribution in [3.63, 3.8) is 0 Å². The number of carbonyl (C=O) groups is 1. The fourth-order valence-electron chi connectivity index (χ4n) is 1.75. The van der Waals surface area contributed by atoms with Crippen molar-refractivity contribution in [2.45, 2.75) is 38.8 Å². The van der Waals surface area contributed by atoms with E-state index in [9.17, 15) is 4.79 Å². The Morgan fingerprint density at radius 2 is 2.00 bits per heavy atom. The number of nitrogens with one attached hydrogen (secondary N) is 1. The van der Waals surface area contributed by atoms with E-state index in [2.05, 4.69) is 24.1 Å². The van der Waals surface area contributed by atoms with Crippen LogP contribution in [0.25, 0.3) is 0 Å². The van der Waals surface area contributed by atoms with Crippen LogP contribution >= 0.6 is 0 Å². The molecule has 0 rings (SSSR count). The number of hydrogen-bond donors (Lipinski definition) is 2. The molecule has 0 aliphatic heterocycles. The van der Waals surface area contributed by atoms with Crippen LogP contribution in [0.1, 0.15) is 26.7 Å². The number of nitrogens with zero attached hydrogens (tertiary/aromatic N) is 1. The molecule has 0 aliphatic rings. The minimum Gasteiger partial charge on any atom is -0.385 e. The molecule has 2 atom stereocenters. The van der Waals surface area contributed by atoms with Crippen molar-refractivity contribution in [3.05, 3.63) is 0 Å². The molecule has 1 amide bonds. The molecule has 0 fully saturated rings. The van der Waals surface area contributed by atoms with Crippen molar-refractivity contribution in [3.8, 4) is 0 Å². The first-order chi connectivity index (χ1) is 8.38. The zero-order valence-corrected chi connectivity index (χ0v) is 12.4. The van der Waals surface area contributed by atoms with E-state index in [1.807, 2.05) is 14.1 Å². The van der Waals surface area contributed by atoms with Gasteiger partial charge in [0.25, 0.3) is 0 Å². The second-order valence-electron chi connectivity index (χ2n) is 5.38. The Hall–Kier alpha value is -0.650. The predicted octanol–water partition coefficient (Wildman–Crippen LogP) is 0.443. The molecule has 0 aromatic carbocycles.